The Labute approximate surface area is 97.4 Å². The van der Waals surface area contributed by atoms with Gasteiger partial charge in [0.2, 0.25) is 0 Å². The molecule has 0 bridgehead atoms. The number of oxime groups is 1. The van der Waals surface area contributed by atoms with Crippen molar-refractivity contribution < 1.29 is 14.8 Å². The van der Waals surface area contributed by atoms with Crippen LogP contribution in [0.4, 0.5) is 5.69 Å². The summed E-state index contributed by atoms with van der Waals surface area (Å²) in [4.78, 5) is 16.7. The first kappa shape index (κ1) is 10.2. The van der Waals surface area contributed by atoms with Crippen molar-refractivity contribution in [2.24, 2.45) is 5.16 Å². The van der Waals surface area contributed by atoms with E-state index in [0.717, 1.165) is 16.8 Å². The van der Waals surface area contributed by atoms with E-state index in [1.807, 2.05) is 6.07 Å². The number of amides is 1. The maximum Gasteiger partial charge on any atom is 0.278 e. The first-order chi connectivity index (χ1) is 8.24. The molecule has 1 aromatic carbocycles. The molecule has 1 aromatic rings. The topological polar surface area (TPSA) is 74.2 Å². The van der Waals surface area contributed by atoms with Gasteiger partial charge in [-0.2, -0.15) is 5.06 Å². The smallest absolute Gasteiger partial charge is 0.278 e. The molecule has 17 heavy (non-hydrogen) atoms. The minimum atomic E-state index is -0.369. The molecule has 0 atom stereocenters. The zero-order valence-corrected chi connectivity index (χ0v) is 9.23. The number of fused-ring (bicyclic) bond motifs is 3. The fourth-order valence-corrected chi connectivity index (χ4v) is 2.31. The highest BCUT2D eigenvalue weighted by Crippen LogP contribution is 2.35. The monoisotopic (exact) mass is 233 g/mol. The predicted molar refractivity (Wildman–Crippen MR) is 59.7 cm³/mol. The Bertz CT molecular complexity index is 539. The van der Waals surface area contributed by atoms with Gasteiger partial charge in [-0.15, -0.1) is 0 Å². The quantitative estimate of drug-likeness (QED) is 0.553. The molecule has 0 unspecified atom stereocenters. The summed E-state index contributed by atoms with van der Waals surface area (Å²) in [6.45, 7) is 1.31. The molecule has 0 saturated heterocycles. The van der Waals surface area contributed by atoms with E-state index >= 15 is 0 Å². The molecule has 6 heteroatoms. The van der Waals surface area contributed by atoms with Crippen LogP contribution < -0.4 is 5.32 Å². The van der Waals surface area contributed by atoms with Crippen molar-refractivity contribution >= 4 is 17.3 Å². The van der Waals surface area contributed by atoms with E-state index in [0.29, 0.717) is 18.7 Å². The normalized spacial score (nSPS) is 20.5. The van der Waals surface area contributed by atoms with E-state index in [-0.39, 0.29) is 11.6 Å². The van der Waals surface area contributed by atoms with Gasteiger partial charge >= 0.3 is 0 Å². The third-order valence-electron chi connectivity index (χ3n) is 3.16. The van der Waals surface area contributed by atoms with E-state index in [1.165, 1.54) is 0 Å². The van der Waals surface area contributed by atoms with Crippen molar-refractivity contribution in [1.82, 2.24) is 5.06 Å². The third-order valence-corrected chi connectivity index (χ3v) is 3.16. The van der Waals surface area contributed by atoms with E-state index in [2.05, 4.69) is 10.5 Å². The summed E-state index contributed by atoms with van der Waals surface area (Å²) in [7, 11) is 1.62. The first-order valence-electron chi connectivity index (χ1n) is 5.22. The van der Waals surface area contributed by atoms with Crippen LogP contribution in [-0.4, -0.2) is 29.0 Å². The Morgan fingerprint density at radius 1 is 1.47 bits per heavy atom. The molecule has 0 spiro atoms. The molecule has 0 aliphatic carbocycles. The second-order valence-corrected chi connectivity index (χ2v) is 4.01. The van der Waals surface area contributed by atoms with Gasteiger partial charge in [0, 0.05) is 12.1 Å². The van der Waals surface area contributed by atoms with Gasteiger partial charge in [-0.1, -0.05) is 17.3 Å². The molecule has 2 aliphatic heterocycles. The molecule has 3 rings (SSSR count). The highest BCUT2D eigenvalue weighted by atomic mass is 16.7. The molecule has 0 radical (unpaired) electrons. The van der Waals surface area contributed by atoms with Crippen LogP contribution in [0.5, 0.6) is 0 Å². The number of rotatable bonds is 1. The summed E-state index contributed by atoms with van der Waals surface area (Å²) < 4.78 is 0. The lowest BCUT2D eigenvalue weighted by Crippen LogP contribution is -2.15. The number of hydrogen-bond acceptors (Lipinski definition) is 5. The predicted octanol–water partition coefficient (Wildman–Crippen LogP) is 0.694. The Hall–Kier alpha value is -1.92. The maximum absolute atomic E-state index is 11.6. The molecule has 0 fully saturated rings. The van der Waals surface area contributed by atoms with Crippen LogP contribution in [-0.2, 0) is 22.7 Å². The first-order valence-corrected chi connectivity index (χ1v) is 5.22. The molecule has 2 heterocycles. The van der Waals surface area contributed by atoms with Crippen molar-refractivity contribution in [2.75, 3.05) is 12.4 Å². The standard InChI is InChI=1S/C11H11N3O3/c1-17-14-4-6-2-3-7-9(8(6)5-14)12-11(15)10(7)13-16/h2-3,16H,4-5H2,1H3,(H,12,13,15). The average Bonchev–Trinajstić information content (AvgIpc) is 2.87. The zero-order valence-electron chi connectivity index (χ0n) is 9.23. The molecule has 2 N–H and O–H groups in total. The molecule has 2 aliphatic rings. The molecule has 1 amide bonds. The highest BCUT2D eigenvalue weighted by Gasteiger charge is 2.32. The van der Waals surface area contributed by atoms with Gasteiger partial charge < -0.3 is 15.4 Å². The van der Waals surface area contributed by atoms with E-state index in [4.69, 9.17) is 10.0 Å². The van der Waals surface area contributed by atoms with Crippen molar-refractivity contribution in [1.29, 1.82) is 0 Å². The average molecular weight is 233 g/mol. The number of hydroxylamine groups is 2. The second-order valence-electron chi connectivity index (χ2n) is 4.01. The molecule has 6 nitrogen and oxygen atoms in total. The van der Waals surface area contributed by atoms with E-state index in [9.17, 15) is 4.79 Å². The maximum atomic E-state index is 11.6. The third kappa shape index (κ3) is 1.35. The summed E-state index contributed by atoms with van der Waals surface area (Å²) in [5, 5.41) is 16.4. The Kier molecular flexibility index (Phi) is 2.13. The van der Waals surface area contributed by atoms with Crippen LogP contribution in [0.25, 0.3) is 0 Å². The van der Waals surface area contributed by atoms with Crippen LogP contribution in [0.15, 0.2) is 17.3 Å². The summed E-state index contributed by atoms with van der Waals surface area (Å²) in [6.07, 6.45) is 0. The van der Waals surface area contributed by atoms with Crippen molar-refractivity contribution in [3.05, 3.63) is 28.8 Å². The van der Waals surface area contributed by atoms with Crippen molar-refractivity contribution in [3.63, 3.8) is 0 Å². The van der Waals surface area contributed by atoms with Gasteiger partial charge in [0.15, 0.2) is 5.71 Å². The fourth-order valence-electron chi connectivity index (χ4n) is 2.31. The van der Waals surface area contributed by atoms with Gasteiger partial charge in [0.1, 0.15) is 0 Å². The van der Waals surface area contributed by atoms with Gasteiger partial charge in [-0.25, -0.2) is 0 Å². The number of benzene rings is 1. The zero-order chi connectivity index (χ0) is 12.0. The Morgan fingerprint density at radius 3 is 3.00 bits per heavy atom. The minimum absolute atomic E-state index is 0.0682. The van der Waals surface area contributed by atoms with Crippen LogP contribution in [0, 0.1) is 0 Å². The number of nitrogens with zero attached hydrogens (tertiary/aromatic N) is 2. The second kappa shape index (κ2) is 3.54. The highest BCUT2D eigenvalue weighted by molar-refractivity contribution is 6.53. The lowest BCUT2D eigenvalue weighted by Gasteiger charge is -2.09. The van der Waals surface area contributed by atoms with Crippen molar-refractivity contribution in [3.8, 4) is 0 Å². The van der Waals surface area contributed by atoms with Crippen LogP contribution in [0.3, 0.4) is 0 Å². The van der Waals surface area contributed by atoms with Gasteiger partial charge in [0.05, 0.1) is 19.3 Å². The summed E-state index contributed by atoms with van der Waals surface area (Å²) in [5.41, 5.74) is 3.59. The number of nitrogens with one attached hydrogen (secondary N) is 1. The van der Waals surface area contributed by atoms with Crippen molar-refractivity contribution in [2.45, 2.75) is 13.1 Å². The van der Waals surface area contributed by atoms with Gasteiger partial charge in [-0.3, -0.25) is 4.79 Å². The van der Waals surface area contributed by atoms with Crippen LogP contribution >= 0.6 is 0 Å². The lowest BCUT2D eigenvalue weighted by atomic mass is 10.0. The van der Waals surface area contributed by atoms with Gasteiger partial charge in [0.25, 0.3) is 5.91 Å². The molecule has 88 valence electrons. The molecule has 0 aromatic heterocycles. The Morgan fingerprint density at radius 2 is 2.29 bits per heavy atom. The van der Waals surface area contributed by atoms with E-state index in [1.54, 1.807) is 18.2 Å². The fraction of sp³-hybridized carbons (Fsp3) is 0.273. The number of carbonyl (C=O) groups is 1. The minimum Gasteiger partial charge on any atom is -0.410 e. The largest absolute Gasteiger partial charge is 0.410 e. The lowest BCUT2D eigenvalue weighted by molar-refractivity contribution is -0.137. The molecule has 0 saturated carbocycles. The molecular formula is C11H11N3O3. The summed E-state index contributed by atoms with van der Waals surface area (Å²) >= 11 is 0. The van der Waals surface area contributed by atoms with E-state index < -0.39 is 0 Å². The Balaban J connectivity index is 2.12. The summed E-state index contributed by atoms with van der Waals surface area (Å²) in [5.74, 6) is -0.369. The number of anilines is 1. The molecular weight excluding hydrogens is 222 g/mol. The van der Waals surface area contributed by atoms with Crippen LogP contribution in [0.2, 0.25) is 0 Å². The van der Waals surface area contributed by atoms with Crippen LogP contribution in [0.1, 0.15) is 16.7 Å². The number of carbonyl (C=O) groups excluding carboxylic acids is 1. The number of hydrogen-bond donors (Lipinski definition) is 2. The SMILES string of the molecule is CON1Cc2ccc3c(c2C1)NC(=O)/C3=N\O. The van der Waals surface area contributed by atoms with Gasteiger partial charge in [-0.05, 0) is 11.1 Å². The summed E-state index contributed by atoms with van der Waals surface area (Å²) in [6, 6.07) is 3.72.